The summed E-state index contributed by atoms with van der Waals surface area (Å²) in [7, 11) is 0. The van der Waals surface area contributed by atoms with Gasteiger partial charge in [-0.25, -0.2) is 4.98 Å². The van der Waals surface area contributed by atoms with Crippen molar-refractivity contribution < 1.29 is 18.0 Å². The summed E-state index contributed by atoms with van der Waals surface area (Å²) in [6.07, 6.45) is -2.87. The van der Waals surface area contributed by atoms with Crippen LogP contribution in [0.5, 0.6) is 0 Å². The van der Waals surface area contributed by atoms with Gasteiger partial charge in [-0.1, -0.05) is 17.7 Å². The molecule has 0 aliphatic carbocycles. The second-order valence-corrected chi connectivity index (χ2v) is 6.62. The number of halogens is 4. The topological polar surface area (TPSA) is 48.5 Å². The number of aromatic nitrogens is 1. The average Bonchev–Trinajstić information content (AvgIpc) is 2.64. The Morgan fingerprint density at radius 3 is 2.52 bits per heavy atom. The highest BCUT2D eigenvalue weighted by molar-refractivity contribution is 6.30. The van der Waals surface area contributed by atoms with Gasteiger partial charge < -0.3 is 10.2 Å². The minimum Gasteiger partial charge on any atom is -0.354 e. The number of rotatable bonds is 4. The van der Waals surface area contributed by atoms with Gasteiger partial charge in [0.2, 0.25) is 5.91 Å². The van der Waals surface area contributed by atoms with Gasteiger partial charge in [0, 0.05) is 37.4 Å². The number of piperazine rings is 1. The number of amides is 1. The Balaban J connectivity index is 1.57. The van der Waals surface area contributed by atoms with Crippen LogP contribution in [0.3, 0.4) is 0 Å². The second-order valence-electron chi connectivity index (χ2n) is 6.19. The van der Waals surface area contributed by atoms with Gasteiger partial charge in [0.15, 0.2) is 0 Å². The zero-order valence-corrected chi connectivity index (χ0v) is 15.1. The zero-order valence-electron chi connectivity index (χ0n) is 14.3. The normalized spacial score (nSPS) is 15.6. The maximum absolute atomic E-state index is 13.1. The lowest BCUT2D eigenvalue weighted by Gasteiger charge is -2.35. The van der Waals surface area contributed by atoms with Gasteiger partial charge in [0.1, 0.15) is 5.82 Å². The lowest BCUT2D eigenvalue weighted by Crippen LogP contribution is -2.49. The van der Waals surface area contributed by atoms with E-state index in [1.807, 2.05) is 23.1 Å². The largest absolute Gasteiger partial charge is 0.418 e. The van der Waals surface area contributed by atoms with Crippen LogP contribution in [0, 0.1) is 0 Å². The minimum atomic E-state index is -4.60. The number of carbonyl (C=O) groups excluding carboxylic acids is 1. The summed E-state index contributed by atoms with van der Waals surface area (Å²) in [5.41, 5.74) is -1.24. The van der Waals surface area contributed by atoms with Crippen LogP contribution < -0.4 is 10.2 Å². The highest BCUT2D eigenvalue weighted by atomic mass is 35.5. The number of pyridine rings is 1. The first-order chi connectivity index (χ1) is 12.8. The van der Waals surface area contributed by atoms with E-state index in [2.05, 4.69) is 15.2 Å². The maximum Gasteiger partial charge on any atom is 0.418 e. The summed E-state index contributed by atoms with van der Waals surface area (Å²) in [5.74, 6) is 0.381. The third-order valence-corrected chi connectivity index (χ3v) is 4.51. The van der Waals surface area contributed by atoms with Gasteiger partial charge in [0.05, 0.1) is 17.8 Å². The molecule has 27 heavy (non-hydrogen) atoms. The summed E-state index contributed by atoms with van der Waals surface area (Å²) in [4.78, 5) is 20.5. The van der Waals surface area contributed by atoms with Crippen molar-refractivity contribution in [1.29, 1.82) is 0 Å². The predicted octanol–water partition coefficient (Wildman–Crippen LogP) is 3.51. The molecule has 1 fully saturated rings. The quantitative estimate of drug-likeness (QED) is 0.856. The zero-order chi connectivity index (χ0) is 19.4. The van der Waals surface area contributed by atoms with Crippen molar-refractivity contribution in [2.24, 2.45) is 0 Å². The Hall–Kier alpha value is -2.32. The Bertz CT molecular complexity index is 793. The first-order valence-electron chi connectivity index (χ1n) is 8.38. The van der Waals surface area contributed by atoms with E-state index in [4.69, 9.17) is 11.6 Å². The molecule has 144 valence electrons. The molecule has 0 saturated carbocycles. The van der Waals surface area contributed by atoms with Crippen LogP contribution in [0.1, 0.15) is 5.56 Å². The van der Waals surface area contributed by atoms with E-state index >= 15 is 0 Å². The van der Waals surface area contributed by atoms with Gasteiger partial charge in [-0.3, -0.25) is 9.69 Å². The number of nitrogens with zero attached hydrogens (tertiary/aromatic N) is 3. The summed E-state index contributed by atoms with van der Waals surface area (Å²) in [5, 5.41) is 2.31. The van der Waals surface area contributed by atoms with Crippen molar-refractivity contribution in [3.05, 3.63) is 53.2 Å². The number of anilines is 2. The molecule has 1 aromatic carbocycles. The molecule has 0 spiro atoms. The summed E-state index contributed by atoms with van der Waals surface area (Å²) >= 11 is 5.65. The van der Waals surface area contributed by atoms with E-state index in [9.17, 15) is 18.0 Å². The number of alkyl halides is 3. The molecule has 1 aliphatic rings. The smallest absolute Gasteiger partial charge is 0.354 e. The van der Waals surface area contributed by atoms with Crippen LogP contribution in [0.25, 0.3) is 0 Å². The average molecular weight is 399 g/mol. The summed E-state index contributed by atoms with van der Waals surface area (Å²) < 4.78 is 39.3. The molecule has 9 heteroatoms. The molecule has 0 bridgehead atoms. The molecule has 1 aliphatic heterocycles. The van der Waals surface area contributed by atoms with E-state index < -0.39 is 17.6 Å². The lowest BCUT2D eigenvalue weighted by molar-refractivity contribution is -0.137. The highest BCUT2D eigenvalue weighted by Crippen LogP contribution is 2.36. The first-order valence-corrected chi connectivity index (χ1v) is 8.75. The molecule has 1 amide bonds. The van der Waals surface area contributed by atoms with E-state index in [1.54, 1.807) is 6.20 Å². The Morgan fingerprint density at radius 1 is 1.15 bits per heavy atom. The van der Waals surface area contributed by atoms with Crippen molar-refractivity contribution in [3.63, 3.8) is 0 Å². The summed E-state index contributed by atoms with van der Waals surface area (Å²) in [6.45, 7) is 2.65. The summed E-state index contributed by atoms with van der Waals surface area (Å²) in [6, 6.07) is 8.97. The predicted molar refractivity (Wildman–Crippen MR) is 98.0 cm³/mol. The van der Waals surface area contributed by atoms with Crippen molar-refractivity contribution in [1.82, 2.24) is 9.88 Å². The van der Waals surface area contributed by atoms with Crippen LogP contribution >= 0.6 is 11.6 Å². The van der Waals surface area contributed by atoms with Crippen LogP contribution in [-0.2, 0) is 11.0 Å². The number of nitrogens with one attached hydrogen (secondary N) is 1. The van der Waals surface area contributed by atoms with Crippen LogP contribution in [-0.4, -0.2) is 48.5 Å². The minimum absolute atomic E-state index is 0.0238. The third kappa shape index (κ3) is 5.11. The Kier molecular flexibility index (Phi) is 5.86. The number of hydrogen-bond acceptors (Lipinski definition) is 4. The van der Waals surface area contributed by atoms with Gasteiger partial charge >= 0.3 is 6.18 Å². The van der Waals surface area contributed by atoms with Gasteiger partial charge in [-0.2, -0.15) is 13.2 Å². The molecule has 5 nitrogen and oxygen atoms in total. The van der Waals surface area contributed by atoms with Crippen molar-refractivity contribution in [2.45, 2.75) is 6.18 Å². The fourth-order valence-electron chi connectivity index (χ4n) is 2.93. The maximum atomic E-state index is 13.1. The molecule has 0 radical (unpaired) electrons. The molecule has 1 saturated heterocycles. The van der Waals surface area contributed by atoms with E-state index in [-0.39, 0.29) is 17.3 Å². The third-order valence-electron chi connectivity index (χ3n) is 4.27. The molecular formula is C18H18ClF3N4O. The molecular weight excluding hydrogens is 381 g/mol. The van der Waals surface area contributed by atoms with Crippen LogP contribution in [0.15, 0.2) is 42.6 Å². The van der Waals surface area contributed by atoms with E-state index in [1.165, 1.54) is 12.1 Å². The standard InChI is InChI=1S/C18H18ClF3N4O/c19-13-4-5-15(14(11-13)18(20,21)22)24-17(27)12-25-7-9-26(10-8-25)16-3-1-2-6-23-16/h1-6,11H,7-10,12H2,(H,24,27). The number of carbonyl (C=O) groups is 1. The van der Waals surface area contributed by atoms with Crippen molar-refractivity contribution in [3.8, 4) is 0 Å². The Labute approximate surface area is 159 Å². The fourth-order valence-corrected chi connectivity index (χ4v) is 3.10. The molecule has 0 atom stereocenters. The SMILES string of the molecule is O=C(CN1CCN(c2ccccn2)CC1)Nc1ccc(Cl)cc1C(F)(F)F. The molecule has 0 unspecified atom stereocenters. The van der Waals surface area contributed by atoms with Crippen molar-refractivity contribution in [2.75, 3.05) is 42.9 Å². The van der Waals surface area contributed by atoms with Gasteiger partial charge in [0.25, 0.3) is 0 Å². The second kappa shape index (κ2) is 8.14. The number of hydrogen-bond donors (Lipinski definition) is 1. The van der Waals surface area contributed by atoms with Gasteiger partial charge in [-0.05, 0) is 30.3 Å². The molecule has 1 N–H and O–H groups in total. The fraction of sp³-hybridized carbons (Fsp3) is 0.333. The van der Waals surface area contributed by atoms with Gasteiger partial charge in [-0.15, -0.1) is 0 Å². The lowest BCUT2D eigenvalue weighted by atomic mass is 10.1. The Morgan fingerprint density at radius 2 is 1.89 bits per heavy atom. The van der Waals surface area contributed by atoms with E-state index in [0.717, 1.165) is 11.9 Å². The molecule has 1 aromatic heterocycles. The highest BCUT2D eigenvalue weighted by Gasteiger charge is 2.34. The molecule has 3 rings (SSSR count). The van der Waals surface area contributed by atoms with Crippen LogP contribution in [0.2, 0.25) is 5.02 Å². The number of benzene rings is 1. The monoisotopic (exact) mass is 398 g/mol. The molecule has 2 aromatic rings. The van der Waals surface area contributed by atoms with Crippen molar-refractivity contribution >= 4 is 29.0 Å². The van der Waals surface area contributed by atoms with E-state index in [0.29, 0.717) is 26.2 Å². The molecule has 2 heterocycles. The first kappa shape index (κ1) is 19.4. The van der Waals surface area contributed by atoms with Crippen LogP contribution in [0.4, 0.5) is 24.7 Å².